The molecule has 116 valence electrons. The Kier molecular flexibility index (Phi) is 5.14. The normalized spacial score (nSPS) is 25.4. The number of hydrogen-bond acceptors (Lipinski definition) is 3. The summed E-state index contributed by atoms with van der Waals surface area (Å²) in [6, 6.07) is 4.72. The largest absolute Gasteiger partial charge is 0.504 e. The first-order valence-electron chi connectivity index (χ1n) is 7.25. The van der Waals surface area contributed by atoms with Crippen LogP contribution in [-0.4, -0.2) is 29.0 Å². The van der Waals surface area contributed by atoms with Crippen LogP contribution in [0.1, 0.15) is 43.0 Å². The van der Waals surface area contributed by atoms with Gasteiger partial charge in [0.25, 0.3) is 5.91 Å². The first kappa shape index (κ1) is 16.1. The smallest absolute Gasteiger partial charge is 0.251 e. The van der Waals surface area contributed by atoms with Crippen molar-refractivity contribution in [1.29, 1.82) is 0 Å². The minimum absolute atomic E-state index is 0.0182. The lowest BCUT2D eigenvalue weighted by molar-refractivity contribution is 0.0874. The second-order valence-corrected chi connectivity index (χ2v) is 6.50. The molecule has 21 heavy (non-hydrogen) atoms. The summed E-state index contributed by atoms with van der Waals surface area (Å²) in [6.07, 6.45) is 4.21. The number of ether oxygens (including phenoxy) is 1. The van der Waals surface area contributed by atoms with E-state index in [-0.39, 0.29) is 17.2 Å². The third-order valence-corrected chi connectivity index (χ3v) is 5.38. The van der Waals surface area contributed by atoms with E-state index in [0.29, 0.717) is 11.3 Å². The zero-order chi connectivity index (χ0) is 15.5. The molecule has 1 aromatic carbocycles. The van der Waals surface area contributed by atoms with Crippen molar-refractivity contribution >= 4 is 21.8 Å². The molecule has 0 atom stereocenters. The minimum atomic E-state index is -0.181. The predicted octanol–water partition coefficient (Wildman–Crippen LogP) is 3.47. The number of halogens is 1. The summed E-state index contributed by atoms with van der Waals surface area (Å²) in [5.74, 6) is 0.921. The number of hydrogen-bond donors (Lipinski definition) is 2. The van der Waals surface area contributed by atoms with Crippen LogP contribution in [0.4, 0.5) is 0 Å². The van der Waals surface area contributed by atoms with Crippen molar-refractivity contribution in [3.05, 3.63) is 23.8 Å². The van der Waals surface area contributed by atoms with E-state index in [4.69, 9.17) is 4.74 Å². The van der Waals surface area contributed by atoms with Gasteiger partial charge in [0, 0.05) is 10.9 Å². The lowest BCUT2D eigenvalue weighted by Gasteiger charge is -2.39. The summed E-state index contributed by atoms with van der Waals surface area (Å²) < 4.78 is 4.99. The highest BCUT2D eigenvalue weighted by Gasteiger charge is 2.34. The van der Waals surface area contributed by atoms with Crippen LogP contribution in [0.15, 0.2) is 18.2 Å². The minimum Gasteiger partial charge on any atom is -0.504 e. The first-order valence-corrected chi connectivity index (χ1v) is 8.37. The van der Waals surface area contributed by atoms with Crippen LogP contribution in [-0.2, 0) is 0 Å². The van der Waals surface area contributed by atoms with Gasteiger partial charge in [-0.1, -0.05) is 22.9 Å². The molecule has 1 fully saturated rings. The van der Waals surface area contributed by atoms with Crippen molar-refractivity contribution in [3.8, 4) is 11.5 Å². The Morgan fingerprint density at radius 2 is 2.14 bits per heavy atom. The molecule has 0 saturated heterocycles. The van der Waals surface area contributed by atoms with Crippen LogP contribution >= 0.6 is 15.9 Å². The fourth-order valence-corrected chi connectivity index (χ4v) is 3.45. The maximum atomic E-state index is 12.4. The molecule has 0 bridgehead atoms. The maximum absolute atomic E-state index is 12.4. The molecule has 0 spiro atoms. The summed E-state index contributed by atoms with van der Waals surface area (Å²) in [5, 5.41) is 13.7. The number of rotatable bonds is 4. The highest BCUT2D eigenvalue weighted by atomic mass is 79.9. The van der Waals surface area contributed by atoms with Crippen molar-refractivity contribution in [2.24, 2.45) is 5.92 Å². The molecule has 0 radical (unpaired) electrons. The molecule has 1 saturated carbocycles. The lowest BCUT2D eigenvalue weighted by Crippen LogP contribution is -2.52. The second-order valence-electron chi connectivity index (χ2n) is 5.94. The summed E-state index contributed by atoms with van der Waals surface area (Å²) in [7, 11) is 1.48. The Balaban J connectivity index is 2.11. The molecule has 2 N–H and O–H groups in total. The summed E-state index contributed by atoms with van der Waals surface area (Å²) in [4.78, 5) is 12.4. The third-order valence-electron chi connectivity index (χ3n) is 4.31. The molecule has 2 rings (SSSR count). The number of phenolic OH excluding ortho intramolecular Hbond substituents is 1. The van der Waals surface area contributed by atoms with Crippen LogP contribution in [0.3, 0.4) is 0 Å². The van der Waals surface area contributed by atoms with E-state index < -0.39 is 0 Å². The van der Waals surface area contributed by atoms with Gasteiger partial charge < -0.3 is 15.2 Å². The van der Waals surface area contributed by atoms with E-state index in [9.17, 15) is 9.90 Å². The number of carbonyl (C=O) groups is 1. The van der Waals surface area contributed by atoms with E-state index in [1.54, 1.807) is 12.1 Å². The predicted molar refractivity (Wildman–Crippen MR) is 86.3 cm³/mol. The van der Waals surface area contributed by atoms with Gasteiger partial charge in [0.1, 0.15) is 0 Å². The molecule has 5 heteroatoms. The van der Waals surface area contributed by atoms with E-state index in [0.717, 1.165) is 36.9 Å². The van der Waals surface area contributed by atoms with Crippen molar-refractivity contribution in [2.75, 3.05) is 12.4 Å². The van der Waals surface area contributed by atoms with Gasteiger partial charge in [0.05, 0.1) is 12.6 Å². The van der Waals surface area contributed by atoms with Crippen LogP contribution in [0, 0.1) is 5.92 Å². The van der Waals surface area contributed by atoms with Gasteiger partial charge in [0.15, 0.2) is 11.5 Å². The van der Waals surface area contributed by atoms with Crippen LogP contribution in [0.25, 0.3) is 0 Å². The highest BCUT2D eigenvalue weighted by molar-refractivity contribution is 9.09. The molecular formula is C16H22BrNO3. The SMILES string of the molecule is COc1ccc(C(=O)NC2(CBr)CCC(C)CC2)cc1O. The van der Waals surface area contributed by atoms with Crippen LogP contribution < -0.4 is 10.1 Å². The number of methoxy groups -OCH3 is 1. The van der Waals surface area contributed by atoms with E-state index in [1.165, 1.54) is 13.2 Å². The third kappa shape index (κ3) is 3.70. The fraction of sp³-hybridized carbons (Fsp3) is 0.562. The average molecular weight is 356 g/mol. The number of benzene rings is 1. The number of aromatic hydroxyl groups is 1. The molecule has 0 heterocycles. The van der Waals surface area contributed by atoms with Gasteiger partial charge in [-0.05, 0) is 49.8 Å². The van der Waals surface area contributed by atoms with Crippen LogP contribution in [0.5, 0.6) is 11.5 Å². The molecule has 0 aromatic heterocycles. The quantitative estimate of drug-likeness (QED) is 0.813. The molecular weight excluding hydrogens is 334 g/mol. The standard InChI is InChI=1S/C16H22BrNO3/c1-11-5-7-16(10-17,8-6-11)18-15(20)12-3-4-14(21-2)13(19)9-12/h3-4,9,11,19H,5-8,10H2,1-2H3,(H,18,20). The fourth-order valence-electron chi connectivity index (χ4n) is 2.75. The zero-order valence-electron chi connectivity index (χ0n) is 12.5. The number of phenols is 1. The number of alkyl halides is 1. The Bertz CT molecular complexity index is 510. The van der Waals surface area contributed by atoms with Gasteiger partial charge >= 0.3 is 0 Å². The molecule has 1 aromatic rings. The van der Waals surface area contributed by atoms with Gasteiger partial charge in [0.2, 0.25) is 0 Å². The highest BCUT2D eigenvalue weighted by Crippen LogP contribution is 2.34. The van der Waals surface area contributed by atoms with Gasteiger partial charge in [-0.2, -0.15) is 0 Å². The Morgan fingerprint density at radius 1 is 1.48 bits per heavy atom. The molecule has 1 amide bonds. The van der Waals surface area contributed by atoms with E-state index >= 15 is 0 Å². The summed E-state index contributed by atoms with van der Waals surface area (Å²) >= 11 is 3.54. The number of amides is 1. The number of carbonyl (C=O) groups excluding carboxylic acids is 1. The van der Waals surface area contributed by atoms with Crippen molar-refractivity contribution in [2.45, 2.75) is 38.1 Å². The van der Waals surface area contributed by atoms with Gasteiger partial charge in [-0.15, -0.1) is 0 Å². The average Bonchev–Trinajstić information content (AvgIpc) is 2.49. The Morgan fingerprint density at radius 3 is 2.67 bits per heavy atom. The molecule has 0 aliphatic heterocycles. The number of nitrogens with one attached hydrogen (secondary N) is 1. The monoisotopic (exact) mass is 355 g/mol. The van der Waals surface area contributed by atoms with Crippen LogP contribution in [0.2, 0.25) is 0 Å². The summed E-state index contributed by atoms with van der Waals surface area (Å²) in [6.45, 7) is 2.25. The van der Waals surface area contributed by atoms with Crippen molar-refractivity contribution in [1.82, 2.24) is 5.32 Å². The molecule has 1 aliphatic carbocycles. The topological polar surface area (TPSA) is 58.6 Å². The Labute approximate surface area is 134 Å². The molecule has 4 nitrogen and oxygen atoms in total. The Hall–Kier alpha value is -1.23. The summed E-state index contributed by atoms with van der Waals surface area (Å²) in [5.41, 5.74) is 0.270. The van der Waals surface area contributed by atoms with Crippen molar-refractivity contribution < 1.29 is 14.6 Å². The van der Waals surface area contributed by atoms with E-state index in [2.05, 4.69) is 28.2 Å². The maximum Gasteiger partial charge on any atom is 0.251 e. The van der Waals surface area contributed by atoms with E-state index in [1.807, 2.05) is 0 Å². The molecule has 1 aliphatic rings. The lowest BCUT2D eigenvalue weighted by atomic mass is 9.78. The zero-order valence-corrected chi connectivity index (χ0v) is 14.1. The second kappa shape index (κ2) is 6.69. The van der Waals surface area contributed by atoms with Gasteiger partial charge in [-0.3, -0.25) is 4.79 Å². The van der Waals surface area contributed by atoms with Gasteiger partial charge in [-0.25, -0.2) is 0 Å². The molecule has 0 unspecified atom stereocenters. The first-order chi connectivity index (χ1) is 9.99. The van der Waals surface area contributed by atoms with Crippen molar-refractivity contribution in [3.63, 3.8) is 0 Å².